The molecule has 0 aliphatic carbocycles. The van der Waals surface area contributed by atoms with Crippen LogP contribution in [0.15, 0.2) is 36.4 Å². The number of amides is 1. The van der Waals surface area contributed by atoms with Crippen molar-refractivity contribution in [1.82, 2.24) is 15.3 Å². The number of hydrogen-bond acceptors (Lipinski definition) is 3. The van der Waals surface area contributed by atoms with Crippen LogP contribution in [0, 0.1) is 18.7 Å². The molecule has 0 fully saturated rings. The van der Waals surface area contributed by atoms with Crippen molar-refractivity contribution in [2.24, 2.45) is 11.7 Å². The quantitative estimate of drug-likeness (QED) is 0.593. The summed E-state index contributed by atoms with van der Waals surface area (Å²) in [6.45, 7) is 5.30. The molecule has 0 radical (unpaired) electrons. The number of carbonyl (C=O) groups excluding carboxylic acids is 1. The van der Waals surface area contributed by atoms with Gasteiger partial charge in [0.2, 0.25) is 0 Å². The molecule has 2 aromatic carbocycles. The molecule has 0 bridgehead atoms. The Morgan fingerprint density at radius 1 is 1.26 bits per heavy atom. The zero-order valence-corrected chi connectivity index (χ0v) is 15.7. The third-order valence-electron chi connectivity index (χ3n) is 4.68. The first-order valence-electron chi connectivity index (χ1n) is 9.22. The van der Waals surface area contributed by atoms with Gasteiger partial charge in [-0.25, -0.2) is 9.37 Å². The highest BCUT2D eigenvalue weighted by Crippen LogP contribution is 2.26. The standard InChI is InChI=1S/C21H25FN4O/c1-13(4-3-9-23)12-24-21(27)20-25-18-11-16(10-14(2)19(18)26-20)15-5-7-17(22)8-6-15/h5-8,10-11,13H,3-4,9,12,23H2,1-2H3,(H,24,27)(H,25,26)/t13-/m0/s1. The van der Waals surface area contributed by atoms with Gasteiger partial charge < -0.3 is 16.0 Å². The zero-order chi connectivity index (χ0) is 19.4. The van der Waals surface area contributed by atoms with Gasteiger partial charge in [-0.15, -0.1) is 0 Å². The molecular formula is C21H25FN4O. The Morgan fingerprint density at radius 2 is 2.00 bits per heavy atom. The summed E-state index contributed by atoms with van der Waals surface area (Å²) < 4.78 is 13.2. The van der Waals surface area contributed by atoms with Gasteiger partial charge in [-0.05, 0) is 73.2 Å². The van der Waals surface area contributed by atoms with Crippen molar-refractivity contribution < 1.29 is 9.18 Å². The fourth-order valence-corrected chi connectivity index (χ4v) is 3.13. The van der Waals surface area contributed by atoms with E-state index in [-0.39, 0.29) is 11.7 Å². The summed E-state index contributed by atoms with van der Waals surface area (Å²) in [5.74, 6) is 0.190. The molecule has 0 aliphatic rings. The van der Waals surface area contributed by atoms with E-state index in [9.17, 15) is 9.18 Å². The Labute approximate surface area is 158 Å². The van der Waals surface area contributed by atoms with Crippen LogP contribution < -0.4 is 11.1 Å². The van der Waals surface area contributed by atoms with Crippen LogP contribution in [0.25, 0.3) is 22.2 Å². The third-order valence-corrected chi connectivity index (χ3v) is 4.68. The van der Waals surface area contributed by atoms with E-state index in [0.29, 0.717) is 24.8 Å². The molecule has 142 valence electrons. The summed E-state index contributed by atoms with van der Waals surface area (Å²) in [7, 11) is 0. The lowest BCUT2D eigenvalue weighted by atomic mass is 10.0. The minimum atomic E-state index is -0.266. The monoisotopic (exact) mass is 368 g/mol. The number of nitrogens with two attached hydrogens (primary N) is 1. The van der Waals surface area contributed by atoms with E-state index in [4.69, 9.17) is 5.73 Å². The van der Waals surface area contributed by atoms with Crippen molar-refractivity contribution in [2.75, 3.05) is 13.1 Å². The maximum Gasteiger partial charge on any atom is 0.287 e. The predicted octanol–water partition coefficient (Wildman–Crippen LogP) is 3.78. The molecule has 0 saturated carbocycles. The molecule has 1 aromatic heterocycles. The van der Waals surface area contributed by atoms with Crippen LogP contribution in [0.2, 0.25) is 0 Å². The zero-order valence-electron chi connectivity index (χ0n) is 15.7. The maximum atomic E-state index is 13.2. The summed E-state index contributed by atoms with van der Waals surface area (Å²) in [6, 6.07) is 10.3. The van der Waals surface area contributed by atoms with Gasteiger partial charge in [-0.2, -0.15) is 0 Å². The number of fused-ring (bicyclic) bond motifs is 1. The first kappa shape index (κ1) is 19.0. The second-order valence-corrected chi connectivity index (χ2v) is 7.03. The molecule has 1 atom stereocenters. The SMILES string of the molecule is Cc1cc(-c2ccc(F)cc2)cc2[nH]c(C(=O)NC[C@@H](C)CCCN)nc12. The highest BCUT2D eigenvalue weighted by Gasteiger charge is 2.14. The molecule has 5 nitrogen and oxygen atoms in total. The van der Waals surface area contributed by atoms with Crippen molar-refractivity contribution in [3.8, 4) is 11.1 Å². The Hall–Kier alpha value is -2.73. The summed E-state index contributed by atoms with van der Waals surface area (Å²) >= 11 is 0. The number of aromatic nitrogens is 2. The van der Waals surface area contributed by atoms with Crippen LogP contribution >= 0.6 is 0 Å². The molecule has 0 saturated heterocycles. The highest BCUT2D eigenvalue weighted by atomic mass is 19.1. The van der Waals surface area contributed by atoms with Gasteiger partial charge in [-0.3, -0.25) is 4.79 Å². The summed E-state index contributed by atoms with van der Waals surface area (Å²) in [4.78, 5) is 20.0. The van der Waals surface area contributed by atoms with Crippen LogP contribution in [0.1, 0.15) is 35.9 Å². The van der Waals surface area contributed by atoms with E-state index >= 15 is 0 Å². The lowest BCUT2D eigenvalue weighted by Crippen LogP contribution is -2.29. The summed E-state index contributed by atoms with van der Waals surface area (Å²) in [5.41, 5.74) is 9.89. The van der Waals surface area contributed by atoms with Gasteiger partial charge in [0.15, 0.2) is 5.82 Å². The predicted molar refractivity (Wildman–Crippen MR) is 106 cm³/mol. The fraction of sp³-hybridized carbons (Fsp3) is 0.333. The molecule has 0 spiro atoms. The maximum absolute atomic E-state index is 13.2. The Kier molecular flexibility index (Phi) is 5.86. The van der Waals surface area contributed by atoms with Crippen molar-refractivity contribution in [3.05, 3.63) is 53.6 Å². The average Bonchev–Trinajstić information content (AvgIpc) is 3.10. The molecule has 0 aliphatic heterocycles. The molecule has 0 unspecified atom stereocenters. The third kappa shape index (κ3) is 4.52. The summed E-state index contributed by atoms with van der Waals surface area (Å²) in [5, 5.41) is 2.93. The number of aryl methyl sites for hydroxylation is 1. The molecule has 27 heavy (non-hydrogen) atoms. The molecule has 1 heterocycles. The van der Waals surface area contributed by atoms with Crippen LogP contribution in [-0.4, -0.2) is 29.0 Å². The first-order chi connectivity index (χ1) is 13.0. The largest absolute Gasteiger partial charge is 0.349 e. The molecule has 6 heteroatoms. The van der Waals surface area contributed by atoms with Crippen LogP contribution in [0.4, 0.5) is 4.39 Å². The second kappa shape index (κ2) is 8.31. The fourth-order valence-electron chi connectivity index (χ4n) is 3.13. The van der Waals surface area contributed by atoms with Crippen LogP contribution in [-0.2, 0) is 0 Å². The Morgan fingerprint density at radius 3 is 2.70 bits per heavy atom. The Balaban J connectivity index is 1.79. The summed E-state index contributed by atoms with van der Waals surface area (Å²) in [6.07, 6.45) is 1.93. The molecular weight excluding hydrogens is 343 g/mol. The number of nitrogens with one attached hydrogen (secondary N) is 2. The number of nitrogens with zero attached hydrogens (tertiary/aromatic N) is 1. The number of benzene rings is 2. The van der Waals surface area contributed by atoms with Gasteiger partial charge in [0.25, 0.3) is 5.91 Å². The second-order valence-electron chi connectivity index (χ2n) is 7.03. The van der Waals surface area contributed by atoms with E-state index in [1.165, 1.54) is 12.1 Å². The van der Waals surface area contributed by atoms with E-state index < -0.39 is 0 Å². The average molecular weight is 368 g/mol. The smallest absolute Gasteiger partial charge is 0.287 e. The number of hydrogen-bond donors (Lipinski definition) is 3. The molecule has 3 rings (SSSR count). The number of rotatable bonds is 7. The van der Waals surface area contributed by atoms with Crippen LogP contribution in [0.5, 0.6) is 0 Å². The van der Waals surface area contributed by atoms with Crippen molar-refractivity contribution in [2.45, 2.75) is 26.7 Å². The van der Waals surface area contributed by atoms with E-state index in [1.807, 2.05) is 19.1 Å². The van der Waals surface area contributed by atoms with E-state index in [2.05, 4.69) is 22.2 Å². The van der Waals surface area contributed by atoms with Gasteiger partial charge in [0.05, 0.1) is 11.0 Å². The normalized spacial score (nSPS) is 12.3. The van der Waals surface area contributed by atoms with Gasteiger partial charge in [0.1, 0.15) is 5.82 Å². The number of imidazole rings is 1. The van der Waals surface area contributed by atoms with E-state index in [1.54, 1.807) is 12.1 Å². The minimum absolute atomic E-state index is 0.214. The lowest BCUT2D eigenvalue weighted by molar-refractivity contribution is 0.0938. The van der Waals surface area contributed by atoms with E-state index in [0.717, 1.165) is 40.6 Å². The highest BCUT2D eigenvalue weighted by molar-refractivity contribution is 5.95. The van der Waals surface area contributed by atoms with Crippen molar-refractivity contribution in [1.29, 1.82) is 0 Å². The van der Waals surface area contributed by atoms with Crippen molar-refractivity contribution >= 4 is 16.9 Å². The van der Waals surface area contributed by atoms with Crippen LogP contribution in [0.3, 0.4) is 0 Å². The molecule has 1 amide bonds. The van der Waals surface area contributed by atoms with Crippen molar-refractivity contribution in [3.63, 3.8) is 0 Å². The number of H-pyrrole nitrogens is 1. The Bertz CT molecular complexity index is 933. The minimum Gasteiger partial charge on any atom is -0.349 e. The molecule has 3 aromatic rings. The van der Waals surface area contributed by atoms with Gasteiger partial charge >= 0.3 is 0 Å². The number of carbonyl (C=O) groups is 1. The topological polar surface area (TPSA) is 83.8 Å². The number of aromatic amines is 1. The molecule has 4 N–H and O–H groups in total. The lowest BCUT2D eigenvalue weighted by Gasteiger charge is -2.10. The first-order valence-corrected chi connectivity index (χ1v) is 9.22. The van der Waals surface area contributed by atoms with Gasteiger partial charge in [0, 0.05) is 6.54 Å². The van der Waals surface area contributed by atoms with Gasteiger partial charge in [-0.1, -0.05) is 19.1 Å². The number of halogens is 1.